The Balaban J connectivity index is 0. The van der Waals surface area contributed by atoms with Gasteiger partial charge in [0.25, 0.3) is 0 Å². The number of nitrogens with zero attached hydrogens (tertiary/aromatic N) is 2. The van der Waals surface area contributed by atoms with Gasteiger partial charge in [-0.1, -0.05) is 6.07 Å². The van der Waals surface area contributed by atoms with Gasteiger partial charge in [0, 0.05) is 0 Å². The molecule has 14 heavy (non-hydrogen) atoms. The molecule has 0 N–H and O–H groups in total. The topological polar surface area (TPSA) is 58.9 Å². The largest absolute Gasteiger partial charge is 1.00 e. The van der Waals surface area contributed by atoms with Gasteiger partial charge in [-0.05, 0) is 24.6 Å². The molecule has 5 heteroatoms. The number of isocyanates is 2. The minimum atomic E-state index is 0. The smallest absolute Gasteiger partial charge is 1.00 e. The van der Waals surface area contributed by atoms with E-state index in [0.29, 0.717) is 11.4 Å². The zero-order valence-electron chi connectivity index (χ0n) is 8.94. The van der Waals surface area contributed by atoms with E-state index in [1.165, 1.54) is 18.2 Å². The zero-order valence-corrected chi connectivity index (χ0v) is 9.94. The van der Waals surface area contributed by atoms with Crippen LogP contribution in [0.1, 0.15) is 6.99 Å². The maximum atomic E-state index is 10.00. The van der Waals surface area contributed by atoms with Crippen molar-refractivity contribution in [1.82, 2.24) is 0 Å². The van der Waals surface area contributed by atoms with Crippen molar-refractivity contribution in [3.05, 3.63) is 23.8 Å². The predicted molar refractivity (Wildman–Crippen MR) is 47.9 cm³/mol. The molecule has 0 amide bonds. The molecule has 0 saturated carbocycles. The van der Waals surface area contributed by atoms with Crippen LogP contribution >= 0.6 is 0 Å². The molecule has 1 aromatic carbocycles. The summed E-state index contributed by atoms with van der Waals surface area (Å²) in [5.74, 6) is 0. The molecule has 0 aliphatic heterocycles. The van der Waals surface area contributed by atoms with Crippen molar-refractivity contribution < 1.29 is 40.6 Å². The molecule has 0 radical (unpaired) electrons. The first kappa shape index (κ1) is 13.0. The first-order valence-electron chi connectivity index (χ1n) is 3.54. The number of aryl methyl sites for hydroxylation is 1. The number of benzene rings is 1. The molecule has 0 fully saturated rings. The van der Waals surface area contributed by atoms with Gasteiger partial charge in [0.1, 0.15) is 0 Å². The van der Waals surface area contributed by atoms with Crippen LogP contribution in [0.5, 0.6) is 0 Å². The van der Waals surface area contributed by atoms with Crippen molar-refractivity contribution in [1.29, 1.82) is 0 Å². The summed E-state index contributed by atoms with van der Waals surface area (Å²) in [6, 6.07) is 4.88. The number of hydrogen-bond acceptors (Lipinski definition) is 4. The Morgan fingerprint density at radius 2 is 1.86 bits per heavy atom. The molecule has 0 unspecified atom stereocenters. The van der Waals surface area contributed by atoms with Crippen LogP contribution in [0.25, 0.3) is 0 Å². The Kier molecular flexibility index (Phi) is 5.97. The molecule has 0 aliphatic carbocycles. The van der Waals surface area contributed by atoms with Gasteiger partial charge >= 0.3 is 29.6 Å². The van der Waals surface area contributed by atoms with E-state index in [-0.39, 0.29) is 31.0 Å². The molecule has 0 spiro atoms. The second-order valence-corrected chi connectivity index (χ2v) is 2.38. The average Bonchev–Trinajstić information content (AvgIpc) is 2.12. The molecular formula is C9H7N2NaO2. The molecule has 0 aliphatic rings. The van der Waals surface area contributed by atoms with Crippen molar-refractivity contribution in [3.63, 3.8) is 0 Å². The Morgan fingerprint density at radius 1 is 1.21 bits per heavy atom. The molecule has 0 atom stereocenters. The van der Waals surface area contributed by atoms with Gasteiger partial charge in [-0.25, -0.2) is 9.59 Å². The van der Waals surface area contributed by atoms with Gasteiger partial charge in [-0.15, -0.1) is 0 Å². The van der Waals surface area contributed by atoms with Crippen molar-refractivity contribution >= 4 is 23.5 Å². The van der Waals surface area contributed by atoms with Gasteiger partial charge in [0.2, 0.25) is 12.2 Å². The summed E-state index contributed by atoms with van der Waals surface area (Å²) in [7, 11) is 0. The summed E-state index contributed by atoms with van der Waals surface area (Å²) in [5, 5.41) is 0. The number of hydrogen-bond donors (Lipinski definition) is 0. The third kappa shape index (κ3) is 3.38. The molecule has 1 aromatic rings. The number of aliphatic imine (C=N–C) groups is 2. The van der Waals surface area contributed by atoms with Crippen LogP contribution in [0.4, 0.5) is 11.4 Å². The minimum absolute atomic E-state index is 0. The maximum Gasteiger partial charge on any atom is 1.00 e. The summed E-state index contributed by atoms with van der Waals surface area (Å²) < 4.78 is 0. The summed E-state index contributed by atoms with van der Waals surface area (Å²) >= 11 is 0. The molecular weight excluding hydrogens is 191 g/mol. The Bertz CT molecular complexity index is 424. The predicted octanol–water partition coefficient (Wildman–Crippen LogP) is -0.954. The zero-order chi connectivity index (χ0) is 9.68. The molecule has 1 rings (SSSR count). The van der Waals surface area contributed by atoms with E-state index in [9.17, 15) is 9.59 Å². The Labute approximate surface area is 105 Å². The maximum absolute atomic E-state index is 10.00. The second-order valence-electron chi connectivity index (χ2n) is 2.38. The van der Waals surface area contributed by atoms with Crippen molar-refractivity contribution in [2.75, 3.05) is 0 Å². The van der Waals surface area contributed by atoms with Gasteiger partial charge in [-0.2, -0.15) is 9.98 Å². The fourth-order valence-corrected chi connectivity index (χ4v) is 0.890. The molecule has 0 bridgehead atoms. The fraction of sp³-hybridized carbons (Fsp3) is 0.111. The van der Waals surface area contributed by atoms with Crippen LogP contribution in [0.3, 0.4) is 0 Å². The van der Waals surface area contributed by atoms with E-state index < -0.39 is 0 Å². The van der Waals surface area contributed by atoms with Crippen LogP contribution in [-0.4, -0.2) is 12.2 Å². The van der Waals surface area contributed by atoms with Gasteiger partial charge in [-0.3, -0.25) is 0 Å². The van der Waals surface area contributed by atoms with Gasteiger partial charge < -0.3 is 1.43 Å². The van der Waals surface area contributed by atoms with E-state index in [1.807, 2.05) is 0 Å². The van der Waals surface area contributed by atoms with Crippen molar-refractivity contribution in [3.8, 4) is 0 Å². The van der Waals surface area contributed by atoms with E-state index in [0.717, 1.165) is 5.56 Å². The van der Waals surface area contributed by atoms with Gasteiger partial charge in [0.15, 0.2) is 0 Å². The van der Waals surface area contributed by atoms with Crippen LogP contribution in [0.15, 0.2) is 28.2 Å². The second kappa shape index (κ2) is 6.44. The number of rotatable bonds is 2. The normalized spacial score (nSPS) is 7.79. The quantitative estimate of drug-likeness (QED) is 0.349. The van der Waals surface area contributed by atoms with Crippen molar-refractivity contribution in [2.45, 2.75) is 6.92 Å². The van der Waals surface area contributed by atoms with Crippen LogP contribution in [0, 0.1) is 6.92 Å². The van der Waals surface area contributed by atoms with E-state index in [1.54, 1.807) is 19.1 Å². The Hall–Kier alpha value is -1.02. The Morgan fingerprint density at radius 3 is 2.43 bits per heavy atom. The van der Waals surface area contributed by atoms with Crippen LogP contribution in [0.2, 0.25) is 0 Å². The van der Waals surface area contributed by atoms with E-state index >= 15 is 0 Å². The summed E-state index contributed by atoms with van der Waals surface area (Å²) in [6.45, 7) is 1.80. The molecule has 0 aromatic heterocycles. The fourth-order valence-electron chi connectivity index (χ4n) is 0.890. The molecule has 0 heterocycles. The van der Waals surface area contributed by atoms with Crippen molar-refractivity contribution in [2.24, 2.45) is 9.98 Å². The standard InChI is InChI=1S/C9H6N2O2.Na.H/c1-7-2-3-8(10-5-12)4-9(7)11-6-13;;/h2-4H,1H3;;/q;+1;-1. The summed E-state index contributed by atoms with van der Waals surface area (Å²) in [5.41, 5.74) is 1.72. The van der Waals surface area contributed by atoms with E-state index in [2.05, 4.69) is 9.98 Å². The first-order chi connectivity index (χ1) is 6.27. The average molecular weight is 198 g/mol. The molecule has 0 saturated heterocycles. The minimum Gasteiger partial charge on any atom is -1.00 e. The van der Waals surface area contributed by atoms with E-state index in [4.69, 9.17) is 0 Å². The van der Waals surface area contributed by atoms with Crippen LogP contribution in [-0.2, 0) is 9.59 Å². The summed E-state index contributed by atoms with van der Waals surface area (Å²) in [4.78, 5) is 26.8. The monoisotopic (exact) mass is 198 g/mol. The first-order valence-corrected chi connectivity index (χ1v) is 3.54. The summed E-state index contributed by atoms with van der Waals surface area (Å²) in [6.07, 6.45) is 2.84. The van der Waals surface area contributed by atoms with Crippen LogP contribution < -0.4 is 29.6 Å². The third-order valence-electron chi connectivity index (χ3n) is 1.53. The third-order valence-corrected chi connectivity index (χ3v) is 1.53. The SMILES string of the molecule is Cc1ccc(N=C=O)cc1N=C=O.[H-].[Na+]. The number of carbonyl (C=O) groups excluding carboxylic acids is 2. The molecule has 4 nitrogen and oxygen atoms in total. The molecule has 66 valence electrons. The van der Waals surface area contributed by atoms with Gasteiger partial charge in [0.05, 0.1) is 11.4 Å².